The van der Waals surface area contributed by atoms with E-state index in [1.54, 1.807) is 0 Å². The van der Waals surface area contributed by atoms with Crippen molar-refractivity contribution in [2.45, 2.75) is 65.0 Å². The van der Waals surface area contributed by atoms with E-state index in [9.17, 15) is 4.39 Å². The molecule has 1 heterocycles. The van der Waals surface area contributed by atoms with Crippen molar-refractivity contribution >= 4 is 0 Å². The highest BCUT2D eigenvalue weighted by Gasteiger charge is 2.47. The zero-order chi connectivity index (χ0) is 14.1. The van der Waals surface area contributed by atoms with Gasteiger partial charge in [0.05, 0.1) is 0 Å². The summed E-state index contributed by atoms with van der Waals surface area (Å²) in [5, 5.41) is 3.70. The maximum atomic E-state index is 13.8. The molecule has 1 aliphatic heterocycles. The lowest BCUT2D eigenvalue weighted by Crippen LogP contribution is -2.48. The van der Waals surface area contributed by atoms with Gasteiger partial charge in [-0.1, -0.05) is 33.1 Å². The first kappa shape index (κ1) is 14.8. The highest BCUT2D eigenvalue weighted by Crippen LogP contribution is 2.51. The third-order valence-electron chi connectivity index (χ3n) is 6.46. The molecule has 3 aliphatic rings. The minimum Gasteiger partial charge on any atom is -0.316 e. The molecule has 0 aromatic rings. The Bertz CT molecular complexity index is 319. The molecule has 1 saturated heterocycles. The van der Waals surface area contributed by atoms with Crippen LogP contribution in [0.25, 0.3) is 0 Å². The van der Waals surface area contributed by atoms with Crippen LogP contribution in [0.2, 0.25) is 0 Å². The molecule has 1 N–H and O–H groups in total. The number of nitrogens with one attached hydrogen (secondary N) is 1. The summed E-state index contributed by atoms with van der Waals surface area (Å²) < 4.78 is 13.8. The van der Waals surface area contributed by atoms with Gasteiger partial charge in [0, 0.05) is 0 Å². The fourth-order valence-electron chi connectivity index (χ4n) is 5.29. The lowest BCUT2D eigenvalue weighted by molar-refractivity contribution is 0.0541. The van der Waals surface area contributed by atoms with Crippen LogP contribution >= 0.6 is 0 Å². The molecule has 1 nitrogen and oxygen atoms in total. The number of halogens is 1. The quantitative estimate of drug-likeness (QED) is 0.804. The van der Waals surface area contributed by atoms with Gasteiger partial charge in [0.2, 0.25) is 0 Å². The summed E-state index contributed by atoms with van der Waals surface area (Å²) in [6, 6.07) is 0. The summed E-state index contributed by atoms with van der Waals surface area (Å²) in [5.41, 5.74) is 0. The zero-order valence-electron chi connectivity index (χ0n) is 13.3. The molecule has 7 atom stereocenters. The third-order valence-corrected chi connectivity index (χ3v) is 6.46. The molecule has 0 aromatic heterocycles. The topological polar surface area (TPSA) is 12.0 Å². The van der Waals surface area contributed by atoms with E-state index in [0.29, 0.717) is 5.92 Å². The van der Waals surface area contributed by atoms with Crippen molar-refractivity contribution in [1.82, 2.24) is 5.32 Å². The largest absolute Gasteiger partial charge is 0.316 e. The molecule has 116 valence electrons. The van der Waals surface area contributed by atoms with Crippen molar-refractivity contribution < 1.29 is 4.39 Å². The molecule has 3 fully saturated rings. The van der Waals surface area contributed by atoms with E-state index in [1.807, 2.05) is 0 Å². The first-order valence-corrected chi connectivity index (χ1v) is 9.05. The number of hydrogen-bond acceptors (Lipinski definition) is 1. The molecule has 0 bridgehead atoms. The van der Waals surface area contributed by atoms with Gasteiger partial charge in [-0.25, -0.2) is 4.39 Å². The van der Waals surface area contributed by atoms with Gasteiger partial charge >= 0.3 is 0 Å². The Kier molecular flexibility index (Phi) is 4.69. The second kappa shape index (κ2) is 6.34. The van der Waals surface area contributed by atoms with E-state index in [4.69, 9.17) is 0 Å². The zero-order valence-corrected chi connectivity index (χ0v) is 13.3. The average molecular weight is 281 g/mol. The van der Waals surface area contributed by atoms with Gasteiger partial charge in [-0.2, -0.15) is 0 Å². The summed E-state index contributed by atoms with van der Waals surface area (Å²) in [4.78, 5) is 0. The van der Waals surface area contributed by atoms with Crippen LogP contribution in [-0.2, 0) is 0 Å². The number of piperidine rings is 1. The van der Waals surface area contributed by atoms with Gasteiger partial charge < -0.3 is 5.32 Å². The lowest BCUT2D eigenvalue weighted by atomic mass is 9.65. The van der Waals surface area contributed by atoms with Crippen LogP contribution in [0.3, 0.4) is 0 Å². The van der Waals surface area contributed by atoms with Crippen molar-refractivity contribution in [2.75, 3.05) is 13.1 Å². The van der Waals surface area contributed by atoms with E-state index in [1.165, 1.54) is 32.2 Å². The summed E-state index contributed by atoms with van der Waals surface area (Å²) in [6.45, 7) is 7.11. The average Bonchev–Trinajstić information content (AvgIpc) is 3.16. The molecular weight excluding hydrogens is 249 g/mol. The molecule has 0 radical (unpaired) electrons. The number of hydrogen-bond donors (Lipinski definition) is 1. The molecule has 0 amide bonds. The van der Waals surface area contributed by atoms with Gasteiger partial charge in [0.15, 0.2) is 0 Å². The van der Waals surface area contributed by atoms with Gasteiger partial charge in [-0.05, 0) is 74.3 Å². The maximum absolute atomic E-state index is 13.8. The van der Waals surface area contributed by atoms with Crippen LogP contribution in [0.5, 0.6) is 0 Å². The van der Waals surface area contributed by atoms with Crippen LogP contribution < -0.4 is 5.32 Å². The smallest absolute Gasteiger partial charge is 0.100 e. The molecule has 2 saturated carbocycles. The second-order valence-corrected chi connectivity index (χ2v) is 7.84. The Labute approximate surface area is 124 Å². The summed E-state index contributed by atoms with van der Waals surface area (Å²) >= 11 is 0. The Balaban J connectivity index is 1.70. The standard InChI is InChI=1S/C18H32FN/c1-3-5-15-17(13-6-4-7-14(19)9-13)10-20-11-18(15)16-8-12(16)2/h12-18,20H,3-11H2,1-2H3. The minimum absolute atomic E-state index is 0.517. The van der Waals surface area contributed by atoms with Crippen molar-refractivity contribution in [2.24, 2.45) is 35.5 Å². The molecule has 0 spiro atoms. The highest BCUT2D eigenvalue weighted by atomic mass is 19.1. The van der Waals surface area contributed by atoms with Crippen LogP contribution in [-0.4, -0.2) is 19.3 Å². The highest BCUT2D eigenvalue weighted by molar-refractivity contribution is 4.98. The van der Waals surface area contributed by atoms with Crippen molar-refractivity contribution in [1.29, 1.82) is 0 Å². The van der Waals surface area contributed by atoms with Crippen molar-refractivity contribution in [3.8, 4) is 0 Å². The van der Waals surface area contributed by atoms with Gasteiger partial charge in [0.25, 0.3) is 0 Å². The van der Waals surface area contributed by atoms with Crippen LogP contribution in [0, 0.1) is 35.5 Å². The first-order chi connectivity index (χ1) is 9.70. The third kappa shape index (κ3) is 3.05. The van der Waals surface area contributed by atoms with Gasteiger partial charge in [-0.3, -0.25) is 0 Å². The lowest BCUT2D eigenvalue weighted by Gasteiger charge is -2.44. The van der Waals surface area contributed by atoms with E-state index in [-0.39, 0.29) is 0 Å². The fraction of sp³-hybridized carbons (Fsp3) is 1.00. The molecule has 3 rings (SSSR count). The van der Waals surface area contributed by atoms with Crippen molar-refractivity contribution in [3.63, 3.8) is 0 Å². The summed E-state index contributed by atoms with van der Waals surface area (Å²) in [5.74, 6) is 5.06. The van der Waals surface area contributed by atoms with Crippen molar-refractivity contribution in [3.05, 3.63) is 0 Å². The van der Waals surface area contributed by atoms with Gasteiger partial charge in [0.1, 0.15) is 6.17 Å². The minimum atomic E-state index is -0.517. The van der Waals surface area contributed by atoms with E-state index in [2.05, 4.69) is 19.2 Å². The SMILES string of the molecule is CCCC1C(C2CCCC(F)C2)CNCC1C1CC1C. The fourth-order valence-corrected chi connectivity index (χ4v) is 5.29. The van der Waals surface area contributed by atoms with E-state index in [0.717, 1.165) is 55.4 Å². The molecule has 2 aliphatic carbocycles. The van der Waals surface area contributed by atoms with E-state index < -0.39 is 6.17 Å². The van der Waals surface area contributed by atoms with Crippen LogP contribution in [0.15, 0.2) is 0 Å². The Morgan fingerprint density at radius 3 is 2.45 bits per heavy atom. The van der Waals surface area contributed by atoms with E-state index >= 15 is 0 Å². The van der Waals surface area contributed by atoms with Crippen LogP contribution in [0.1, 0.15) is 58.8 Å². The van der Waals surface area contributed by atoms with Crippen LogP contribution in [0.4, 0.5) is 4.39 Å². The number of rotatable bonds is 4. The normalized spacial score (nSPS) is 49.0. The molecule has 20 heavy (non-hydrogen) atoms. The second-order valence-electron chi connectivity index (χ2n) is 7.84. The predicted octanol–water partition coefficient (Wildman–Crippen LogP) is 4.42. The Morgan fingerprint density at radius 1 is 1.05 bits per heavy atom. The first-order valence-electron chi connectivity index (χ1n) is 9.05. The molecule has 7 unspecified atom stereocenters. The number of alkyl halides is 1. The molecule has 0 aromatic carbocycles. The Morgan fingerprint density at radius 2 is 1.80 bits per heavy atom. The monoisotopic (exact) mass is 281 g/mol. The maximum Gasteiger partial charge on any atom is 0.100 e. The predicted molar refractivity (Wildman–Crippen MR) is 82.4 cm³/mol. The summed E-state index contributed by atoms with van der Waals surface area (Å²) in [7, 11) is 0. The molecule has 2 heteroatoms. The Hall–Kier alpha value is -0.110. The summed E-state index contributed by atoms with van der Waals surface area (Å²) in [6.07, 6.45) is 7.65. The van der Waals surface area contributed by atoms with Gasteiger partial charge in [-0.15, -0.1) is 0 Å². The molecular formula is C18H32FN.